The normalized spacial score (nSPS) is 11.6. The predicted octanol–water partition coefficient (Wildman–Crippen LogP) is 2.08. The van der Waals surface area contributed by atoms with Crippen molar-refractivity contribution in [3.8, 4) is 5.75 Å². The molecule has 0 bridgehead atoms. The number of ketones is 1. The van der Waals surface area contributed by atoms with Crippen LogP contribution in [0.2, 0.25) is 0 Å². The van der Waals surface area contributed by atoms with Crippen LogP contribution in [-0.2, 0) is 14.4 Å². The lowest BCUT2D eigenvalue weighted by atomic mass is 10.0. The lowest BCUT2D eigenvalue weighted by molar-refractivity contribution is -0.142. The van der Waals surface area contributed by atoms with Crippen molar-refractivity contribution < 1.29 is 29.0 Å². The van der Waals surface area contributed by atoms with E-state index in [1.807, 2.05) is 0 Å². The number of hydrogen-bond donors (Lipinski definition) is 3. The van der Waals surface area contributed by atoms with Gasteiger partial charge in [0.05, 0.1) is 18.7 Å². The summed E-state index contributed by atoms with van der Waals surface area (Å²) in [5.74, 6) is -2.14. The first-order chi connectivity index (χ1) is 16.2. The third-order valence-corrected chi connectivity index (χ3v) is 4.50. The first-order valence-corrected chi connectivity index (χ1v) is 10.4. The molecule has 0 spiro atoms. The van der Waals surface area contributed by atoms with E-state index in [9.17, 15) is 19.2 Å². The van der Waals surface area contributed by atoms with Crippen LogP contribution < -0.4 is 15.8 Å². The number of aliphatic carboxylic acids is 1. The van der Waals surface area contributed by atoms with E-state index in [0.717, 1.165) is 0 Å². The number of primary amides is 1. The van der Waals surface area contributed by atoms with Crippen molar-refractivity contribution in [2.75, 3.05) is 20.7 Å². The van der Waals surface area contributed by atoms with Crippen molar-refractivity contribution in [3.05, 3.63) is 59.7 Å². The smallest absolute Gasteiger partial charge is 0.326 e. The zero-order valence-electron chi connectivity index (χ0n) is 18.9. The number of carboxylic acids is 1. The third-order valence-electron chi connectivity index (χ3n) is 4.50. The quantitative estimate of drug-likeness (QED) is 0.230. The minimum absolute atomic E-state index is 0.00422. The van der Waals surface area contributed by atoms with Crippen molar-refractivity contribution in [2.24, 2.45) is 16.1 Å². The van der Waals surface area contributed by atoms with E-state index in [-0.39, 0.29) is 31.7 Å². The zero-order valence-corrected chi connectivity index (χ0v) is 18.9. The van der Waals surface area contributed by atoms with E-state index < -0.39 is 23.8 Å². The number of carbonyl (C=O) groups excluding carboxylic acids is 3. The summed E-state index contributed by atoms with van der Waals surface area (Å²) >= 11 is 0. The van der Waals surface area contributed by atoms with Crippen LogP contribution in [0.1, 0.15) is 35.2 Å². The molecule has 34 heavy (non-hydrogen) atoms. The Morgan fingerprint density at radius 3 is 2.12 bits per heavy atom. The highest BCUT2D eigenvalue weighted by atomic mass is 16.5. The molecule has 0 aromatic heterocycles. The number of carbonyl (C=O) groups is 4. The molecule has 4 N–H and O–H groups in total. The molecule has 0 heterocycles. The van der Waals surface area contributed by atoms with Gasteiger partial charge in [-0.1, -0.05) is 5.22 Å². The first kappa shape index (κ1) is 26.0. The van der Waals surface area contributed by atoms with Crippen molar-refractivity contribution in [3.63, 3.8) is 0 Å². The monoisotopic (exact) mass is 469 g/mol. The fraction of sp³-hybridized carbons (Fsp3) is 0.304. The topological polar surface area (TPSA) is 164 Å². The Morgan fingerprint density at radius 2 is 1.59 bits per heavy atom. The van der Waals surface area contributed by atoms with Crippen LogP contribution in [0.3, 0.4) is 0 Å². The summed E-state index contributed by atoms with van der Waals surface area (Å²) in [6.07, 6.45) is -0.321. The number of rotatable bonds is 13. The Labute approximate surface area is 196 Å². The molecule has 0 saturated heterocycles. The van der Waals surface area contributed by atoms with Gasteiger partial charge in [-0.3, -0.25) is 19.4 Å². The summed E-state index contributed by atoms with van der Waals surface area (Å²) in [6, 6.07) is 12.0. The van der Waals surface area contributed by atoms with Gasteiger partial charge in [-0.05, 0) is 55.0 Å². The maximum atomic E-state index is 12.7. The second kappa shape index (κ2) is 12.7. The summed E-state index contributed by atoms with van der Waals surface area (Å²) in [5, 5.41) is 20.9. The fourth-order valence-electron chi connectivity index (χ4n) is 2.76. The number of hydrogen-bond acceptors (Lipinski definition) is 7. The maximum absolute atomic E-state index is 12.7. The highest BCUT2D eigenvalue weighted by Gasteiger charge is 2.20. The third kappa shape index (κ3) is 8.69. The van der Waals surface area contributed by atoms with Crippen LogP contribution in [0, 0.1) is 0 Å². The Hall–Kier alpha value is -4.28. The SMILES string of the molecule is CN(C)/N=N/c1ccc(C(=O)c2ccc(OCCC(=O)NC(CCC(N)=O)C(=O)O)cc2)cc1. The van der Waals surface area contributed by atoms with Gasteiger partial charge >= 0.3 is 5.97 Å². The molecule has 0 aliphatic rings. The van der Waals surface area contributed by atoms with E-state index in [1.165, 1.54) is 0 Å². The summed E-state index contributed by atoms with van der Waals surface area (Å²) in [7, 11) is 3.51. The standard InChI is InChI=1S/C23H27N5O6/c1-28(2)27-26-17-7-3-15(4-8-17)22(31)16-5-9-18(10-6-16)34-14-13-21(30)25-19(23(32)33)11-12-20(24)29/h3-10,19H,11-14H2,1-2H3,(H2,24,29)(H,25,30)(H,32,33)/b27-26+. The summed E-state index contributed by atoms with van der Waals surface area (Å²) < 4.78 is 5.50. The molecule has 0 radical (unpaired) electrons. The molecule has 11 nitrogen and oxygen atoms in total. The van der Waals surface area contributed by atoms with Gasteiger partial charge in [-0.25, -0.2) is 4.79 Å². The number of nitrogens with zero attached hydrogens (tertiary/aromatic N) is 3. The zero-order chi connectivity index (χ0) is 25.1. The van der Waals surface area contributed by atoms with Crippen LogP contribution in [0.4, 0.5) is 5.69 Å². The molecule has 1 unspecified atom stereocenters. The highest BCUT2D eigenvalue weighted by Crippen LogP contribution is 2.19. The van der Waals surface area contributed by atoms with Gasteiger partial charge in [0, 0.05) is 31.6 Å². The second-order valence-electron chi connectivity index (χ2n) is 7.50. The lowest BCUT2D eigenvalue weighted by Crippen LogP contribution is -2.41. The van der Waals surface area contributed by atoms with Crippen LogP contribution in [0.5, 0.6) is 5.75 Å². The van der Waals surface area contributed by atoms with Gasteiger partial charge in [0.1, 0.15) is 11.8 Å². The number of nitrogens with one attached hydrogen (secondary N) is 1. The van der Waals surface area contributed by atoms with Gasteiger partial charge in [0.2, 0.25) is 11.8 Å². The number of amides is 2. The van der Waals surface area contributed by atoms with Gasteiger partial charge in [-0.2, -0.15) is 0 Å². The first-order valence-electron chi connectivity index (χ1n) is 10.4. The number of ether oxygens (including phenoxy) is 1. The fourth-order valence-corrected chi connectivity index (χ4v) is 2.76. The minimum Gasteiger partial charge on any atom is -0.493 e. The molecule has 11 heteroatoms. The van der Waals surface area contributed by atoms with Crippen molar-refractivity contribution in [1.29, 1.82) is 0 Å². The van der Waals surface area contributed by atoms with E-state index in [2.05, 4.69) is 15.7 Å². The number of carboxylic acid groups (broad SMARTS) is 1. The summed E-state index contributed by atoms with van der Waals surface area (Å²) in [4.78, 5) is 46.6. The molecule has 2 rings (SSSR count). The Kier molecular flexibility index (Phi) is 9.69. The summed E-state index contributed by atoms with van der Waals surface area (Å²) in [5.41, 5.74) is 6.60. The maximum Gasteiger partial charge on any atom is 0.326 e. The van der Waals surface area contributed by atoms with E-state index in [0.29, 0.717) is 22.6 Å². The molecular formula is C23H27N5O6. The predicted molar refractivity (Wildman–Crippen MR) is 123 cm³/mol. The molecule has 2 amide bonds. The van der Waals surface area contributed by atoms with Crippen LogP contribution in [0.25, 0.3) is 0 Å². The average Bonchev–Trinajstić information content (AvgIpc) is 2.80. The van der Waals surface area contributed by atoms with Gasteiger partial charge in [0.15, 0.2) is 5.78 Å². The van der Waals surface area contributed by atoms with Crippen LogP contribution >= 0.6 is 0 Å². The molecule has 2 aromatic carbocycles. The molecule has 2 aromatic rings. The average molecular weight is 469 g/mol. The van der Waals surface area contributed by atoms with E-state index in [4.69, 9.17) is 15.6 Å². The Morgan fingerprint density at radius 1 is 1.00 bits per heavy atom. The molecular weight excluding hydrogens is 442 g/mol. The van der Waals surface area contributed by atoms with Crippen molar-refractivity contribution in [1.82, 2.24) is 10.3 Å². The van der Waals surface area contributed by atoms with Gasteiger partial charge < -0.3 is 20.9 Å². The molecule has 1 atom stereocenters. The summed E-state index contributed by atoms with van der Waals surface area (Å²) in [6.45, 7) is 0.00422. The molecule has 0 saturated carbocycles. The lowest BCUT2D eigenvalue weighted by Gasteiger charge is -2.14. The number of nitrogens with two attached hydrogens (primary N) is 1. The Bertz CT molecular complexity index is 1030. The largest absolute Gasteiger partial charge is 0.493 e. The van der Waals surface area contributed by atoms with Crippen LogP contribution in [-0.4, -0.2) is 60.4 Å². The molecule has 0 aliphatic heterocycles. The van der Waals surface area contributed by atoms with Gasteiger partial charge in [-0.15, -0.1) is 5.11 Å². The number of benzene rings is 2. The van der Waals surface area contributed by atoms with Crippen LogP contribution in [0.15, 0.2) is 58.9 Å². The second-order valence-corrected chi connectivity index (χ2v) is 7.50. The molecule has 0 aliphatic carbocycles. The van der Waals surface area contributed by atoms with E-state index in [1.54, 1.807) is 67.6 Å². The molecule has 180 valence electrons. The van der Waals surface area contributed by atoms with Gasteiger partial charge in [0.25, 0.3) is 0 Å². The van der Waals surface area contributed by atoms with E-state index >= 15 is 0 Å². The minimum atomic E-state index is -1.25. The van der Waals surface area contributed by atoms with Crippen molar-refractivity contribution in [2.45, 2.75) is 25.3 Å². The van der Waals surface area contributed by atoms with Crippen molar-refractivity contribution >= 4 is 29.3 Å². The highest BCUT2D eigenvalue weighted by molar-refractivity contribution is 6.09. The Balaban J connectivity index is 1.85. The molecule has 0 fully saturated rings.